The lowest BCUT2D eigenvalue weighted by Crippen LogP contribution is -2.06. The molecule has 5 heteroatoms. The molecular formula is C16H17N5. The van der Waals surface area contributed by atoms with Crippen LogP contribution in [0.2, 0.25) is 0 Å². The van der Waals surface area contributed by atoms with E-state index in [2.05, 4.69) is 32.5 Å². The number of fused-ring (bicyclic) bond motifs is 1. The van der Waals surface area contributed by atoms with Crippen LogP contribution in [0.4, 0.5) is 17.5 Å². The summed E-state index contributed by atoms with van der Waals surface area (Å²) < 4.78 is 0. The number of anilines is 3. The van der Waals surface area contributed by atoms with E-state index in [9.17, 15) is 0 Å². The van der Waals surface area contributed by atoms with Crippen molar-refractivity contribution in [3.05, 3.63) is 48.8 Å². The van der Waals surface area contributed by atoms with Crippen molar-refractivity contribution >= 4 is 28.4 Å². The summed E-state index contributed by atoms with van der Waals surface area (Å²) >= 11 is 0. The Kier molecular flexibility index (Phi) is 3.91. The minimum atomic E-state index is 0.570. The largest absolute Gasteiger partial charge is 0.369 e. The number of hydrogen-bond donors (Lipinski definition) is 2. The van der Waals surface area contributed by atoms with Gasteiger partial charge in [0.1, 0.15) is 5.82 Å². The van der Waals surface area contributed by atoms with Crippen LogP contribution < -0.4 is 10.6 Å². The summed E-state index contributed by atoms with van der Waals surface area (Å²) in [6, 6.07) is 11.8. The fourth-order valence-corrected chi connectivity index (χ4v) is 2.08. The predicted molar refractivity (Wildman–Crippen MR) is 85.8 cm³/mol. The number of nitrogens with one attached hydrogen (secondary N) is 2. The van der Waals surface area contributed by atoms with Gasteiger partial charge in [-0.25, -0.2) is 4.98 Å². The molecule has 5 nitrogen and oxygen atoms in total. The lowest BCUT2D eigenvalue weighted by atomic mass is 10.2. The lowest BCUT2D eigenvalue weighted by Gasteiger charge is -2.11. The molecule has 0 aliphatic heterocycles. The van der Waals surface area contributed by atoms with Crippen LogP contribution in [0.5, 0.6) is 0 Å². The van der Waals surface area contributed by atoms with Crippen LogP contribution in [-0.4, -0.2) is 21.5 Å². The van der Waals surface area contributed by atoms with Crippen molar-refractivity contribution in [3.8, 4) is 0 Å². The average Bonchev–Trinajstić information content (AvgIpc) is 2.53. The van der Waals surface area contributed by atoms with Crippen molar-refractivity contribution in [1.29, 1.82) is 0 Å². The van der Waals surface area contributed by atoms with Gasteiger partial charge in [-0.2, -0.15) is 4.98 Å². The molecule has 2 N–H and O–H groups in total. The normalized spacial score (nSPS) is 10.5. The first-order chi connectivity index (χ1) is 10.4. The van der Waals surface area contributed by atoms with Gasteiger partial charge in [-0.15, -0.1) is 0 Å². The number of para-hydroxylation sites is 1. The average molecular weight is 279 g/mol. The molecule has 0 spiro atoms. The highest BCUT2D eigenvalue weighted by Crippen LogP contribution is 2.23. The van der Waals surface area contributed by atoms with Gasteiger partial charge in [-0.1, -0.05) is 19.1 Å². The van der Waals surface area contributed by atoms with E-state index in [1.807, 2.05) is 36.4 Å². The molecule has 2 heterocycles. The SMILES string of the molecule is CCCNc1nc(Nc2cccnc2)nc2ccccc12. The molecule has 3 rings (SSSR count). The number of nitrogens with zero attached hydrogens (tertiary/aromatic N) is 3. The van der Waals surface area contributed by atoms with Gasteiger partial charge >= 0.3 is 0 Å². The summed E-state index contributed by atoms with van der Waals surface area (Å²) in [6.07, 6.45) is 4.53. The Morgan fingerprint density at radius 2 is 1.95 bits per heavy atom. The van der Waals surface area contributed by atoms with Crippen LogP contribution in [0.15, 0.2) is 48.8 Å². The number of hydrogen-bond acceptors (Lipinski definition) is 5. The molecule has 2 aromatic heterocycles. The van der Waals surface area contributed by atoms with Crippen LogP contribution in [0.3, 0.4) is 0 Å². The first-order valence-electron chi connectivity index (χ1n) is 7.04. The van der Waals surface area contributed by atoms with Gasteiger partial charge in [-0.3, -0.25) is 4.98 Å². The molecule has 0 fully saturated rings. The fraction of sp³-hybridized carbons (Fsp3) is 0.188. The van der Waals surface area contributed by atoms with E-state index in [0.29, 0.717) is 5.95 Å². The van der Waals surface area contributed by atoms with Crippen molar-refractivity contribution in [2.75, 3.05) is 17.2 Å². The van der Waals surface area contributed by atoms with Crippen LogP contribution in [0, 0.1) is 0 Å². The minimum Gasteiger partial charge on any atom is -0.369 e. The first-order valence-corrected chi connectivity index (χ1v) is 7.04. The van der Waals surface area contributed by atoms with Crippen LogP contribution >= 0.6 is 0 Å². The standard InChI is InChI=1S/C16H17N5/c1-2-9-18-15-13-7-3-4-8-14(13)20-16(21-15)19-12-6-5-10-17-11-12/h3-8,10-11H,2,9H2,1H3,(H2,18,19,20,21). The molecule has 3 aromatic rings. The third-order valence-corrected chi connectivity index (χ3v) is 3.06. The zero-order valence-electron chi connectivity index (χ0n) is 11.9. The van der Waals surface area contributed by atoms with Gasteiger partial charge in [0.2, 0.25) is 5.95 Å². The van der Waals surface area contributed by atoms with Crippen molar-refractivity contribution < 1.29 is 0 Å². The Balaban J connectivity index is 1.99. The highest BCUT2D eigenvalue weighted by molar-refractivity contribution is 5.90. The molecule has 0 bridgehead atoms. The zero-order valence-corrected chi connectivity index (χ0v) is 11.9. The van der Waals surface area contributed by atoms with Crippen molar-refractivity contribution in [3.63, 3.8) is 0 Å². The third kappa shape index (κ3) is 3.08. The summed E-state index contributed by atoms with van der Waals surface area (Å²) in [5, 5.41) is 7.58. The maximum atomic E-state index is 4.57. The van der Waals surface area contributed by atoms with E-state index in [1.165, 1.54) is 0 Å². The van der Waals surface area contributed by atoms with E-state index in [-0.39, 0.29) is 0 Å². The molecule has 0 amide bonds. The molecular weight excluding hydrogens is 262 g/mol. The Labute approximate surface area is 123 Å². The Morgan fingerprint density at radius 3 is 2.76 bits per heavy atom. The Bertz CT molecular complexity index is 727. The highest BCUT2D eigenvalue weighted by Gasteiger charge is 2.07. The summed E-state index contributed by atoms with van der Waals surface area (Å²) in [6.45, 7) is 3.01. The molecule has 0 aliphatic carbocycles. The lowest BCUT2D eigenvalue weighted by molar-refractivity contribution is 0.970. The zero-order chi connectivity index (χ0) is 14.5. The topological polar surface area (TPSA) is 62.7 Å². The fourth-order valence-electron chi connectivity index (χ4n) is 2.08. The predicted octanol–water partition coefficient (Wildman–Crippen LogP) is 3.59. The summed E-state index contributed by atoms with van der Waals surface area (Å²) in [5.74, 6) is 1.43. The molecule has 106 valence electrons. The Morgan fingerprint density at radius 1 is 1.05 bits per heavy atom. The quantitative estimate of drug-likeness (QED) is 0.747. The molecule has 0 radical (unpaired) electrons. The first kappa shape index (κ1) is 13.3. The van der Waals surface area contributed by atoms with E-state index in [0.717, 1.165) is 35.4 Å². The maximum Gasteiger partial charge on any atom is 0.229 e. The monoisotopic (exact) mass is 279 g/mol. The number of aromatic nitrogens is 3. The molecule has 0 unspecified atom stereocenters. The minimum absolute atomic E-state index is 0.570. The second kappa shape index (κ2) is 6.17. The van der Waals surface area contributed by atoms with Gasteiger partial charge < -0.3 is 10.6 Å². The maximum absolute atomic E-state index is 4.57. The van der Waals surface area contributed by atoms with Gasteiger partial charge in [0.25, 0.3) is 0 Å². The van der Waals surface area contributed by atoms with Gasteiger partial charge in [0.15, 0.2) is 0 Å². The van der Waals surface area contributed by atoms with Crippen molar-refractivity contribution in [1.82, 2.24) is 15.0 Å². The highest BCUT2D eigenvalue weighted by atomic mass is 15.1. The second-order valence-corrected chi connectivity index (χ2v) is 4.71. The van der Waals surface area contributed by atoms with Crippen molar-refractivity contribution in [2.24, 2.45) is 0 Å². The molecule has 0 atom stereocenters. The molecule has 1 aromatic carbocycles. The Hall–Kier alpha value is -2.69. The van der Waals surface area contributed by atoms with E-state index < -0.39 is 0 Å². The van der Waals surface area contributed by atoms with Gasteiger partial charge in [0, 0.05) is 18.1 Å². The molecule has 0 saturated carbocycles. The summed E-state index contributed by atoms with van der Waals surface area (Å²) in [5.41, 5.74) is 1.78. The molecule has 0 aliphatic rings. The third-order valence-electron chi connectivity index (χ3n) is 3.06. The second-order valence-electron chi connectivity index (χ2n) is 4.71. The smallest absolute Gasteiger partial charge is 0.229 e. The number of benzene rings is 1. The molecule has 21 heavy (non-hydrogen) atoms. The number of rotatable bonds is 5. The molecule has 0 saturated heterocycles. The van der Waals surface area contributed by atoms with E-state index in [4.69, 9.17) is 0 Å². The van der Waals surface area contributed by atoms with Crippen molar-refractivity contribution in [2.45, 2.75) is 13.3 Å². The van der Waals surface area contributed by atoms with E-state index in [1.54, 1.807) is 12.4 Å². The summed E-state index contributed by atoms with van der Waals surface area (Å²) in [4.78, 5) is 13.2. The summed E-state index contributed by atoms with van der Waals surface area (Å²) in [7, 11) is 0. The van der Waals surface area contributed by atoms with E-state index >= 15 is 0 Å². The van der Waals surface area contributed by atoms with Gasteiger partial charge in [-0.05, 0) is 30.7 Å². The number of pyridine rings is 1. The van der Waals surface area contributed by atoms with Crippen LogP contribution in [0.25, 0.3) is 10.9 Å². The van der Waals surface area contributed by atoms with Crippen LogP contribution in [0.1, 0.15) is 13.3 Å². The van der Waals surface area contributed by atoms with Gasteiger partial charge in [0.05, 0.1) is 17.4 Å². The van der Waals surface area contributed by atoms with Crippen LogP contribution in [-0.2, 0) is 0 Å².